The predicted octanol–water partition coefficient (Wildman–Crippen LogP) is 4.37. The van der Waals surface area contributed by atoms with Crippen LogP contribution in [0.1, 0.15) is 92.7 Å². The first kappa shape index (κ1) is 23.0. The first-order valence-corrected chi connectivity index (χ1v) is 12.9. The number of aromatic nitrogens is 5. The van der Waals surface area contributed by atoms with Crippen LogP contribution in [0.3, 0.4) is 0 Å². The van der Waals surface area contributed by atoms with E-state index in [4.69, 9.17) is 0 Å². The highest BCUT2D eigenvalue weighted by Gasteiger charge is 2.28. The van der Waals surface area contributed by atoms with Gasteiger partial charge in [0, 0.05) is 29.4 Å². The average molecular weight is 464 g/mol. The topological polar surface area (TPSA) is 100 Å². The molecule has 0 unspecified atom stereocenters. The number of rotatable bonds is 7. The van der Waals surface area contributed by atoms with Gasteiger partial charge >= 0.3 is 0 Å². The fourth-order valence-corrected chi connectivity index (χ4v) is 5.78. The zero-order valence-electron chi connectivity index (χ0n) is 20.6. The Kier molecular flexibility index (Phi) is 6.68. The van der Waals surface area contributed by atoms with Crippen LogP contribution in [-0.4, -0.2) is 49.3 Å². The number of aryl methyl sites for hydroxylation is 1. The second-order valence-corrected chi connectivity index (χ2v) is 10.5. The Morgan fingerprint density at radius 2 is 1.88 bits per heavy atom. The molecule has 3 N–H and O–H groups in total. The number of fused-ring (bicyclic) bond motifs is 1. The fourth-order valence-electron chi connectivity index (χ4n) is 5.78. The minimum absolute atomic E-state index is 0.0767. The van der Waals surface area contributed by atoms with Gasteiger partial charge in [0.1, 0.15) is 6.33 Å². The monoisotopic (exact) mass is 463 g/mol. The van der Waals surface area contributed by atoms with Crippen molar-refractivity contribution in [2.24, 2.45) is 5.92 Å². The van der Waals surface area contributed by atoms with E-state index in [9.17, 15) is 4.79 Å². The van der Waals surface area contributed by atoms with Crippen LogP contribution >= 0.6 is 0 Å². The van der Waals surface area contributed by atoms with Crippen molar-refractivity contribution in [3.8, 4) is 11.3 Å². The van der Waals surface area contributed by atoms with Crippen LogP contribution in [0.2, 0.25) is 0 Å². The van der Waals surface area contributed by atoms with E-state index in [1.54, 1.807) is 10.8 Å². The van der Waals surface area contributed by atoms with Crippen LogP contribution in [0.15, 0.2) is 18.6 Å². The van der Waals surface area contributed by atoms with Gasteiger partial charge < -0.3 is 10.6 Å². The van der Waals surface area contributed by atoms with E-state index in [1.165, 1.54) is 25.7 Å². The van der Waals surface area contributed by atoms with E-state index in [-0.39, 0.29) is 17.9 Å². The van der Waals surface area contributed by atoms with Gasteiger partial charge in [0.2, 0.25) is 0 Å². The lowest BCUT2D eigenvalue weighted by molar-refractivity contribution is 0.0917. The Balaban J connectivity index is 1.25. The Morgan fingerprint density at radius 3 is 2.62 bits per heavy atom. The number of hydrogen-bond acceptors (Lipinski definition) is 5. The van der Waals surface area contributed by atoms with Crippen LogP contribution < -0.4 is 10.6 Å². The largest absolute Gasteiger partial charge is 0.348 e. The number of H-pyrrole nitrogens is 1. The van der Waals surface area contributed by atoms with Gasteiger partial charge in [-0.3, -0.25) is 9.89 Å². The Morgan fingerprint density at radius 1 is 1.15 bits per heavy atom. The summed E-state index contributed by atoms with van der Waals surface area (Å²) in [5.74, 6) is 0.943. The number of hydrogen-bond donors (Lipinski definition) is 3. The third-order valence-electron chi connectivity index (χ3n) is 7.68. The summed E-state index contributed by atoms with van der Waals surface area (Å²) >= 11 is 0. The summed E-state index contributed by atoms with van der Waals surface area (Å²) < 4.78 is 1.77. The molecule has 0 aliphatic heterocycles. The average Bonchev–Trinajstić information content (AvgIpc) is 3.58. The van der Waals surface area contributed by atoms with Crippen LogP contribution in [0.25, 0.3) is 16.9 Å². The number of nitrogens with zero attached hydrogens (tertiary/aromatic N) is 4. The molecule has 182 valence electrons. The summed E-state index contributed by atoms with van der Waals surface area (Å²) in [4.78, 5) is 17.6. The standard InChI is InChI=1S/C26H37N7O/c1-16(2)22-23(19-12-17(3)25-28-15-29-33(25)14-19)31-32-24(22)26(34)30-21-10-8-20(9-11-21)27-13-18-6-4-5-7-18/h12,14-16,18,20-21,27H,4-11,13H2,1-3H3,(H,30,34)(H,31,32)/t20-,21-. The van der Waals surface area contributed by atoms with Crippen LogP contribution in [-0.2, 0) is 0 Å². The molecule has 2 fully saturated rings. The molecule has 0 radical (unpaired) electrons. The number of amides is 1. The Labute approximate surface area is 201 Å². The molecule has 0 spiro atoms. The molecular formula is C26H37N7O. The zero-order chi connectivity index (χ0) is 23.7. The van der Waals surface area contributed by atoms with E-state index >= 15 is 0 Å². The molecule has 8 heteroatoms. The van der Waals surface area contributed by atoms with Crippen molar-refractivity contribution in [1.29, 1.82) is 0 Å². The Hall–Kier alpha value is -2.74. The van der Waals surface area contributed by atoms with E-state index < -0.39 is 0 Å². The molecule has 34 heavy (non-hydrogen) atoms. The maximum atomic E-state index is 13.3. The summed E-state index contributed by atoms with van der Waals surface area (Å²) in [5, 5.41) is 19.0. The second-order valence-electron chi connectivity index (χ2n) is 10.5. The van der Waals surface area contributed by atoms with Crippen molar-refractivity contribution in [2.75, 3.05) is 6.54 Å². The maximum Gasteiger partial charge on any atom is 0.272 e. The van der Waals surface area contributed by atoms with Crippen molar-refractivity contribution < 1.29 is 4.79 Å². The number of carbonyl (C=O) groups excluding carboxylic acids is 1. The lowest BCUT2D eigenvalue weighted by atomic mass is 9.90. The molecule has 3 aromatic rings. The third kappa shape index (κ3) is 4.73. The van der Waals surface area contributed by atoms with Gasteiger partial charge in [-0.2, -0.15) is 10.2 Å². The summed E-state index contributed by atoms with van der Waals surface area (Å²) in [6.45, 7) is 7.39. The van der Waals surface area contributed by atoms with Gasteiger partial charge in [-0.1, -0.05) is 26.7 Å². The molecule has 0 aromatic carbocycles. The van der Waals surface area contributed by atoms with Gasteiger partial charge in [0.05, 0.1) is 5.69 Å². The van der Waals surface area contributed by atoms with Crippen LogP contribution in [0, 0.1) is 12.8 Å². The summed E-state index contributed by atoms with van der Waals surface area (Å²) in [6, 6.07) is 2.88. The molecular weight excluding hydrogens is 426 g/mol. The van der Waals surface area contributed by atoms with Crippen molar-refractivity contribution in [1.82, 2.24) is 35.4 Å². The normalized spacial score (nSPS) is 21.5. The lowest BCUT2D eigenvalue weighted by Gasteiger charge is -2.30. The van der Waals surface area contributed by atoms with Crippen LogP contribution in [0.5, 0.6) is 0 Å². The minimum atomic E-state index is -0.0767. The van der Waals surface area contributed by atoms with Gasteiger partial charge in [-0.25, -0.2) is 9.50 Å². The number of carbonyl (C=O) groups is 1. The summed E-state index contributed by atoms with van der Waals surface area (Å²) in [6.07, 6.45) is 13.3. The maximum absolute atomic E-state index is 13.3. The molecule has 2 aliphatic rings. The van der Waals surface area contributed by atoms with E-state index in [0.29, 0.717) is 11.7 Å². The molecule has 5 rings (SSSR count). The highest BCUT2D eigenvalue weighted by molar-refractivity contribution is 5.96. The molecule has 8 nitrogen and oxygen atoms in total. The van der Waals surface area contributed by atoms with E-state index in [2.05, 4.69) is 50.8 Å². The second kappa shape index (κ2) is 9.86. The number of nitrogens with one attached hydrogen (secondary N) is 3. The number of pyridine rings is 1. The highest BCUT2D eigenvalue weighted by atomic mass is 16.2. The van der Waals surface area contributed by atoms with E-state index in [0.717, 1.165) is 66.2 Å². The molecule has 3 aromatic heterocycles. The van der Waals surface area contributed by atoms with Crippen molar-refractivity contribution >= 4 is 11.6 Å². The first-order valence-electron chi connectivity index (χ1n) is 12.9. The van der Waals surface area contributed by atoms with E-state index in [1.807, 2.05) is 13.1 Å². The van der Waals surface area contributed by atoms with Crippen LogP contribution in [0.4, 0.5) is 0 Å². The SMILES string of the molecule is Cc1cc(-c2[nH]nc(C(=O)N[C@H]3CC[C@H](NCC4CCCC4)CC3)c2C(C)C)cn2ncnc12. The first-order chi connectivity index (χ1) is 16.5. The van der Waals surface area contributed by atoms with Crippen molar-refractivity contribution in [3.05, 3.63) is 35.4 Å². The highest BCUT2D eigenvalue weighted by Crippen LogP contribution is 2.31. The third-order valence-corrected chi connectivity index (χ3v) is 7.68. The molecule has 0 bridgehead atoms. The quantitative estimate of drug-likeness (QED) is 0.483. The summed E-state index contributed by atoms with van der Waals surface area (Å²) in [7, 11) is 0. The van der Waals surface area contributed by atoms with Crippen molar-refractivity contribution in [3.63, 3.8) is 0 Å². The molecule has 0 saturated heterocycles. The smallest absolute Gasteiger partial charge is 0.272 e. The molecule has 0 atom stereocenters. The minimum Gasteiger partial charge on any atom is -0.348 e. The molecule has 2 saturated carbocycles. The fraction of sp³-hybridized carbons (Fsp3) is 0.615. The number of aromatic amines is 1. The lowest BCUT2D eigenvalue weighted by Crippen LogP contribution is -2.43. The summed E-state index contributed by atoms with van der Waals surface area (Å²) in [5.41, 5.74) is 5.15. The zero-order valence-corrected chi connectivity index (χ0v) is 20.6. The van der Waals surface area contributed by atoms with Gasteiger partial charge in [0.15, 0.2) is 11.3 Å². The van der Waals surface area contributed by atoms with Gasteiger partial charge in [-0.05, 0) is 75.5 Å². The van der Waals surface area contributed by atoms with Crippen molar-refractivity contribution in [2.45, 2.75) is 90.1 Å². The van der Waals surface area contributed by atoms with Gasteiger partial charge in [0.25, 0.3) is 5.91 Å². The molecule has 2 aliphatic carbocycles. The Bertz CT molecular complexity index is 1130. The molecule has 3 heterocycles. The molecule has 1 amide bonds. The van der Waals surface area contributed by atoms with Gasteiger partial charge in [-0.15, -0.1) is 0 Å². The predicted molar refractivity (Wildman–Crippen MR) is 133 cm³/mol.